The zero-order valence-corrected chi connectivity index (χ0v) is 13.5. The molecule has 1 saturated heterocycles. The Balaban J connectivity index is 1.66. The van der Waals surface area contributed by atoms with Gasteiger partial charge in [0.25, 0.3) is 0 Å². The smallest absolute Gasteiger partial charge is 0.178 e. The third-order valence-corrected chi connectivity index (χ3v) is 6.10. The van der Waals surface area contributed by atoms with Gasteiger partial charge in [-0.1, -0.05) is 6.92 Å². The Morgan fingerprint density at radius 1 is 1.18 bits per heavy atom. The van der Waals surface area contributed by atoms with Gasteiger partial charge < -0.3 is 9.47 Å². The zero-order valence-electron chi connectivity index (χ0n) is 12.7. The average molecular weight is 319 g/mol. The quantitative estimate of drug-likeness (QED) is 0.869. The Hall–Kier alpha value is -1.82. The molecule has 0 bridgehead atoms. The number of hydrogen-bond donors (Lipinski definition) is 0. The molecule has 22 heavy (non-hydrogen) atoms. The van der Waals surface area contributed by atoms with E-state index in [0.717, 1.165) is 31.6 Å². The lowest BCUT2D eigenvalue weighted by Gasteiger charge is -2.34. The molecule has 5 nitrogen and oxygen atoms in total. The first kappa shape index (κ1) is 15.1. The van der Waals surface area contributed by atoms with Crippen molar-refractivity contribution in [1.82, 2.24) is 9.55 Å². The molecule has 1 fully saturated rings. The Morgan fingerprint density at radius 3 is 2.41 bits per heavy atom. The molecule has 6 heteroatoms. The summed E-state index contributed by atoms with van der Waals surface area (Å²) < 4.78 is 25.9. The standard InChI is InChI=1S/C16H21N3O2S/c1-2-22(20,21)16-5-3-14(4-6-16)18-10-7-15(8-11-18)19-12-9-17-13-19/h3-6,9,12-13,15H,2,7-8,10-11H2,1H3. The molecule has 0 unspecified atom stereocenters. The third kappa shape index (κ3) is 3.02. The van der Waals surface area contributed by atoms with Crippen LogP contribution in [0.4, 0.5) is 5.69 Å². The van der Waals surface area contributed by atoms with Gasteiger partial charge in [0.05, 0.1) is 17.0 Å². The maximum Gasteiger partial charge on any atom is 0.178 e. The molecule has 1 aliphatic rings. The number of hydrogen-bond acceptors (Lipinski definition) is 4. The van der Waals surface area contributed by atoms with Gasteiger partial charge in [0.1, 0.15) is 0 Å². The summed E-state index contributed by atoms with van der Waals surface area (Å²) in [5.41, 5.74) is 1.10. The predicted molar refractivity (Wildman–Crippen MR) is 86.9 cm³/mol. The van der Waals surface area contributed by atoms with E-state index >= 15 is 0 Å². The summed E-state index contributed by atoms with van der Waals surface area (Å²) in [5, 5.41) is 0. The van der Waals surface area contributed by atoms with Gasteiger partial charge in [0.2, 0.25) is 0 Å². The molecule has 118 valence electrons. The largest absolute Gasteiger partial charge is 0.371 e. The number of imidazole rings is 1. The first-order chi connectivity index (χ1) is 10.6. The van der Waals surface area contributed by atoms with Crippen LogP contribution in [0.15, 0.2) is 47.9 Å². The molecule has 1 aliphatic heterocycles. The Labute approximate surface area is 131 Å². The summed E-state index contributed by atoms with van der Waals surface area (Å²) in [7, 11) is -3.11. The Kier molecular flexibility index (Phi) is 4.20. The first-order valence-electron chi connectivity index (χ1n) is 7.65. The van der Waals surface area contributed by atoms with E-state index in [1.165, 1.54) is 0 Å². The van der Waals surface area contributed by atoms with Crippen LogP contribution in [0.2, 0.25) is 0 Å². The lowest BCUT2D eigenvalue weighted by Crippen LogP contribution is -2.34. The molecule has 0 atom stereocenters. The van der Waals surface area contributed by atoms with Gasteiger partial charge in [-0.25, -0.2) is 13.4 Å². The molecule has 0 radical (unpaired) electrons. The van der Waals surface area contributed by atoms with Crippen LogP contribution in [0, 0.1) is 0 Å². The zero-order chi connectivity index (χ0) is 15.6. The Morgan fingerprint density at radius 2 is 1.86 bits per heavy atom. The van der Waals surface area contributed by atoms with Crippen molar-refractivity contribution in [2.24, 2.45) is 0 Å². The van der Waals surface area contributed by atoms with E-state index in [9.17, 15) is 8.42 Å². The minimum atomic E-state index is -3.11. The number of aromatic nitrogens is 2. The molecule has 2 aromatic rings. The van der Waals surface area contributed by atoms with E-state index in [-0.39, 0.29) is 5.75 Å². The normalized spacial score (nSPS) is 16.9. The van der Waals surface area contributed by atoms with Gasteiger partial charge >= 0.3 is 0 Å². The fourth-order valence-electron chi connectivity index (χ4n) is 2.94. The van der Waals surface area contributed by atoms with Crippen LogP contribution in [-0.2, 0) is 9.84 Å². The van der Waals surface area contributed by atoms with Gasteiger partial charge in [0.15, 0.2) is 9.84 Å². The van der Waals surface area contributed by atoms with Crippen LogP contribution < -0.4 is 4.90 Å². The lowest BCUT2D eigenvalue weighted by molar-refractivity contribution is 0.396. The molecule has 0 spiro atoms. The maximum absolute atomic E-state index is 11.8. The summed E-state index contributed by atoms with van der Waals surface area (Å²) in [6.07, 6.45) is 7.87. The van der Waals surface area contributed by atoms with E-state index in [1.807, 2.05) is 30.9 Å². The minimum Gasteiger partial charge on any atom is -0.371 e. The van der Waals surface area contributed by atoms with Gasteiger partial charge in [-0.2, -0.15) is 0 Å². The molecule has 1 aromatic carbocycles. The number of piperidine rings is 1. The minimum absolute atomic E-state index is 0.142. The highest BCUT2D eigenvalue weighted by Gasteiger charge is 2.20. The fraction of sp³-hybridized carbons (Fsp3) is 0.438. The van der Waals surface area contributed by atoms with Crippen LogP contribution in [0.3, 0.4) is 0 Å². The van der Waals surface area contributed by atoms with E-state index in [0.29, 0.717) is 10.9 Å². The van der Waals surface area contributed by atoms with Crippen molar-refractivity contribution in [3.63, 3.8) is 0 Å². The van der Waals surface area contributed by atoms with Crippen molar-refractivity contribution in [3.05, 3.63) is 43.0 Å². The summed E-state index contributed by atoms with van der Waals surface area (Å²) in [6.45, 7) is 3.62. The van der Waals surface area contributed by atoms with Crippen LogP contribution in [0.5, 0.6) is 0 Å². The first-order valence-corrected chi connectivity index (χ1v) is 9.30. The molecule has 0 N–H and O–H groups in total. The molecular formula is C16H21N3O2S. The number of sulfone groups is 1. The monoisotopic (exact) mass is 319 g/mol. The Bertz CT molecular complexity index is 700. The van der Waals surface area contributed by atoms with Crippen molar-refractivity contribution >= 4 is 15.5 Å². The van der Waals surface area contributed by atoms with E-state index in [2.05, 4.69) is 14.5 Å². The fourth-order valence-corrected chi connectivity index (χ4v) is 3.82. The highest BCUT2D eigenvalue weighted by atomic mass is 32.2. The van der Waals surface area contributed by atoms with Crippen LogP contribution >= 0.6 is 0 Å². The summed E-state index contributed by atoms with van der Waals surface area (Å²) in [5.74, 6) is 0.142. The maximum atomic E-state index is 11.8. The van der Waals surface area contributed by atoms with Crippen molar-refractivity contribution in [2.45, 2.75) is 30.7 Å². The lowest BCUT2D eigenvalue weighted by atomic mass is 10.0. The molecule has 2 heterocycles. The van der Waals surface area contributed by atoms with Crippen molar-refractivity contribution in [2.75, 3.05) is 23.7 Å². The second-order valence-electron chi connectivity index (χ2n) is 5.63. The second-order valence-corrected chi connectivity index (χ2v) is 7.90. The molecule has 0 aliphatic carbocycles. The number of nitrogens with zero attached hydrogens (tertiary/aromatic N) is 3. The van der Waals surface area contributed by atoms with Crippen LogP contribution in [-0.4, -0.2) is 36.8 Å². The van der Waals surface area contributed by atoms with Gasteiger partial charge in [0, 0.05) is 37.2 Å². The van der Waals surface area contributed by atoms with Gasteiger partial charge in [-0.15, -0.1) is 0 Å². The molecule has 0 saturated carbocycles. The topological polar surface area (TPSA) is 55.2 Å². The highest BCUT2D eigenvalue weighted by Crippen LogP contribution is 2.27. The van der Waals surface area contributed by atoms with Crippen molar-refractivity contribution < 1.29 is 8.42 Å². The van der Waals surface area contributed by atoms with E-state index < -0.39 is 9.84 Å². The molecule has 0 amide bonds. The van der Waals surface area contributed by atoms with Gasteiger partial charge in [-0.05, 0) is 37.1 Å². The summed E-state index contributed by atoms with van der Waals surface area (Å²) in [4.78, 5) is 6.83. The van der Waals surface area contributed by atoms with E-state index in [4.69, 9.17) is 0 Å². The average Bonchev–Trinajstić information content (AvgIpc) is 3.10. The van der Waals surface area contributed by atoms with Gasteiger partial charge in [-0.3, -0.25) is 0 Å². The number of benzene rings is 1. The predicted octanol–water partition coefficient (Wildman–Crippen LogP) is 2.52. The molecular weight excluding hydrogens is 298 g/mol. The highest BCUT2D eigenvalue weighted by molar-refractivity contribution is 7.91. The number of rotatable bonds is 4. The second kappa shape index (κ2) is 6.12. The van der Waals surface area contributed by atoms with Crippen LogP contribution in [0.25, 0.3) is 0 Å². The summed E-state index contributed by atoms with van der Waals surface area (Å²) >= 11 is 0. The third-order valence-electron chi connectivity index (χ3n) is 4.35. The molecule has 1 aromatic heterocycles. The van der Waals surface area contributed by atoms with Crippen LogP contribution in [0.1, 0.15) is 25.8 Å². The molecule has 3 rings (SSSR count). The number of anilines is 1. The SMILES string of the molecule is CCS(=O)(=O)c1ccc(N2CCC(n3ccnc3)CC2)cc1. The van der Waals surface area contributed by atoms with Crippen molar-refractivity contribution in [3.8, 4) is 0 Å². The van der Waals surface area contributed by atoms with E-state index in [1.54, 1.807) is 19.1 Å². The summed E-state index contributed by atoms with van der Waals surface area (Å²) in [6, 6.07) is 7.78. The van der Waals surface area contributed by atoms with Crippen molar-refractivity contribution in [1.29, 1.82) is 0 Å².